The first-order valence-corrected chi connectivity index (χ1v) is 12.1. The number of nitrogens with zero attached hydrogens (tertiary/aromatic N) is 1. The fourth-order valence-electron chi connectivity index (χ4n) is 4.00. The third-order valence-corrected chi connectivity index (χ3v) is 5.81. The fraction of sp³-hybridized carbons (Fsp3) is 0.840. The lowest BCUT2D eigenvalue weighted by molar-refractivity contribution is -0.923. The van der Waals surface area contributed by atoms with Gasteiger partial charge in [-0.3, -0.25) is 0 Å². The lowest BCUT2D eigenvalue weighted by atomic mass is 10.1. The van der Waals surface area contributed by atoms with Crippen molar-refractivity contribution in [2.24, 2.45) is 0 Å². The van der Waals surface area contributed by atoms with Crippen LogP contribution in [0.1, 0.15) is 96.8 Å². The van der Waals surface area contributed by atoms with E-state index in [1.807, 2.05) is 6.08 Å². The number of quaternary nitrogens is 1. The number of aliphatic hydroxyl groups excluding tert-OH is 2. The van der Waals surface area contributed by atoms with Crippen molar-refractivity contribution in [1.29, 1.82) is 0 Å². The number of unbranched alkanes of at least 4 members (excludes halogenated alkanes) is 12. The van der Waals surface area contributed by atoms with Crippen molar-refractivity contribution in [3.63, 3.8) is 0 Å². The van der Waals surface area contributed by atoms with Crippen LogP contribution in [0.4, 0.5) is 0 Å². The van der Waals surface area contributed by atoms with E-state index in [0.717, 1.165) is 30.7 Å². The van der Waals surface area contributed by atoms with Gasteiger partial charge in [0.15, 0.2) is 0 Å². The predicted octanol–water partition coefficient (Wildman–Crippen LogP) is 3.02. The summed E-state index contributed by atoms with van der Waals surface area (Å²) >= 11 is 0. The Morgan fingerprint density at radius 3 is 1.55 bits per heavy atom. The Hall–Kier alpha value is -0.350. The summed E-state index contributed by atoms with van der Waals surface area (Å²) in [5.74, 6) is 0. The zero-order valence-corrected chi connectivity index (χ0v) is 20.1. The molecule has 4 heteroatoms. The molecular weight excluding hydrogens is 382 g/mol. The molecule has 0 amide bonds. The van der Waals surface area contributed by atoms with E-state index >= 15 is 0 Å². The highest BCUT2D eigenvalue weighted by molar-refractivity contribution is 4.81. The average Bonchev–Trinajstić information content (AvgIpc) is 2.68. The zero-order valence-electron chi connectivity index (χ0n) is 19.3. The van der Waals surface area contributed by atoms with Crippen molar-refractivity contribution in [1.82, 2.24) is 0 Å². The molecule has 0 aromatic carbocycles. The molecule has 0 rings (SSSR count). The van der Waals surface area contributed by atoms with Crippen molar-refractivity contribution in [3.8, 4) is 0 Å². The second-order valence-corrected chi connectivity index (χ2v) is 8.37. The average molecular weight is 432 g/mol. The Morgan fingerprint density at radius 2 is 1.10 bits per heavy atom. The molecule has 0 aliphatic carbocycles. The molecule has 0 spiro atoms. The van der Waals surface area contributed by atoms with Crippen molar-refractivity contribution in [2.45, 2.75) is 96.8 Å². The van der Waals surface area contributed by atoms with Gasteiger partial charge in [0.05, 0.1) is 26.3 Å². The van der Waals surface area contributed by atoms with Crippen LogP contribution in [0.25, 0.3) is 0 Å². The van der Waals surface area contributed by atoms with Crippen LogP contribution in [-0.4, -0.2) is 54.1 Å². The first kappa shape index (κ1) is 30.8. The highest BCUT2D eigenvalue weighted by Gasteiger charge is 2.24. The maximum absolute atomic E-state index is 9.35. The quantitative estimate of drug-likeness (QED) is 0.157. The molecule has 2 N–H and O–H groups in total. The summed E-state index contributed by atoms with van der Waals surface area (Å²) in [6.45, 7) is 9.80. The fourth-order valence-corrected chi connectivity index (χ4v) is 4.00. The molecule has 0 aliphatic rings. The van der Waals surface area contributed by atoms with Crippen LogP contribution < -0.4 is 12.4 Å². The van der Waals surface area contributed by atoms with Gasteiger partial charge in [-0.1, -0.05) is 77.0 Å². The molecule has 0 aliphatic heterocycles. The van der Waals surface area contributed by atoms with Gasteiger partial charge in [-0.25, -0.2) is 0 Å². The molecule has 174 valence electrons. The van der Waals surface area contributed by atoms with E-state index in [1.54, 1.807) is 0 Å². The second-order valence-electron chi connectivity index (χ2n) is 8.37. The van der Waals surface area contributed by atoms with Crippen LogP contribution in [0.5, 0.6) is 0 Å². The van der Waals surface area contributed by atoms with Gasteiger partial charge >= 0.3 is 0 Å². The van der Waals surface area contributed by atoms with Gasteiger partial charge in [-0.15, -0.1) is 0 Å². The van der Waals surface area contributed by atoms with Crippen LogP contribution in [0, 0.1) is 0 Å². The van der Waals surface area contributed by atoms with Crippen LogP contribution >= 0.6 is 0 Å². The Bertz CT molecular complexity index is 355. The predicted molar refractivity (Wildman–Crippen MR) is 124 cm³/mol. The summed E-state index contributed by atoms with van der Waals surface area (Å²) in [4.78, 5) is 0. The SMILES string of the molecule is C=CC[N+](CCO)(CCO)CCCCCCCC/C=C\CCCCCCCC.[Cl-]. The largest absolute Gasteiger partial charge is 1.00 e. The van der Waals surface area contributed by atoms with Crippen LogP contribution in [0.15, 0.2) is 24.8 Å². The molecule has 0 aromatic rings. The van der Waals surface area contributed by atoms with E-state index in [9.17, 15) is 10.2 Å². The van der Waals surface area contributed by atoms with Gasteiger partial charge in [0.1, 0.15) is 13.1 Å². The minimum absolute atomic E-state index is 0. The van der Waals surface area contributed by atoms with Gasteiger partial charge < -0.3 is 27.1 Å². The van der Waals surface area contributed by atoms with Crippen LogP contribution in [-0.2, 0) is 0 Å². The van der Waals surface area contributed by atoms with Gasteiger partial charge in [0, 0.05) is 0 Å². The standard InChI is InChI=1S/C25H50NO2.ClH/c1-3-5-6-7-8-9-10-11-12-13-14-15-16-17-18-19-21-26(20-4-2,22-24-27)23-25-28;/h4,11-12,27-28H,2-3,5-10,13-25H2,1H3;1H/q+1;/p-1/b12-11-;. The highest BCUT2D eigenvalue weighted by atomic mass is 35.5. The molecule has 0 bridgehead atoms. The number of aliphatic hydroxyl groups is 2. The summed E-state index contributed by atoms with van der Waals surface area (Å²) in [5, 5.41) is 18.7. The normalized spacial score (nSPS) is 11.7. The van der Waals surface area contributed by atoms with Gasteiger partial charge in [0.2, 0.25) is 0 Å². The van der Waals surface area contributed by atoms with Crippen LogP contribution in [0.2, 0.25) is 0 Å². The molecule has 0 saturated carbocycles. The Labute approximate surface area is 188 Å². The molecule has 29 heavy (non-hydrogen) atoms. The summed E-state index contributed by atoms with van der Waals surface area (Å²) in [5.41, 5.74) is 0. The number of hydrogen-bond donors (Lipinski definition) is 2. The monoisotopic (exact) mass is 431 g/mol. The Balaban J connectivity index is 0. The lowest BCUT2D eigenvalue weighted by Crippen LogP contribution is -3.00. The minimum atomic E-state index is 0. The summed E-state index contributed by atoms with van der Waals surface area (Å²) < 4.78 is 0.778. The maximum atomic E-state index is 9.35. The molecule has 0 heterocycles. The maximum Gasteiger partial charge on any atom is 0.102 e. The van der Waals surface area contributed by atoms with Crippen molar-refractivity contribution < 1.29 is 27.1 Å². The first-order valence-electron chi connectivity index (χ1n) is 12.1. The second kappa shape index (κ2) is 23.9. The topological polar surface area (TPSA) is 40.5 Å². The van der Waals surface area contributed by atoms with Crippen molar-refractivity contribution >= 4 is 0 Å². The molecule has 0 atom stereocenters. The van der Waals surface area contributed by atoms with E-state index in [-0.39, 0.29) is 25.6 Å². The molecule has 3 nitrogen and oxygen atoms in total. The summed E-state index contributed by atoms with van der Waals surface area (Å²) in [6.07, 6.45) is 25.2. The molecule has 0 aromatic heterocycles. The number of halogens is 1. The molecule has 0 fully saturated rings. The first-order chi connectivity index (χ1) is 13.7. The summed E-state index contributed by atoms with van der Waals surface area (Å²) in [6, 6.07) is 0. The molecule has 0 unspecified atom stereocenters. The van der Waals surface area contributed by atoms with E-state index in [4.69, 9.17) is 0 Å². The van der Waals surface area contributed by atoms with Gasteiger partial charge in [-0.2, -0.15) is 0 Å². The lowest BCUT2D eigenvalue weighted by Gasteiger charge is -2.37. The summed E-state index contributed by atoms with van der Waals surface area (Å²) in [7, 11) is 0. The van der Waals surface area contributed by atoms with E-state index in [2.05, 4.69) is 25.7 Å². The van der Waals surface area contributed by atoms with E-state index < -0.39 is 0 Å². The molecule has 0 saturated heterocycles. The number of rotatable bonds is 22. The van der Waals surface area contributed by atoms with E-state index in [0.29, 0.717) is 0 Å². The van der Waals surface area contributed by atoms with Crippen molar-refractivity contribution in [3.05, 3.63) is 24.8 Å². The molecule has 0 radical (unpaired) electrons. The Kier molecular flexibility index (Phi) is 25.4. The van der Waals surface area contributed by atoms with Crippen molar-refractivity contribution in [2.75, 3.05) is 39.4 Å². The molecular formula is C25H50ClNO2. The van der Waals surface area contributed by atoms with E-state index in [1.165, 1.54) is 89.9 Å². The van der Waals surface area contributed by atoms with Gasteiger partial charge in [0.25, 0.3) is 0 Å². The van der Waals surface area contributed by atoms with Gasteiger partial charge in [-0.05, 0) is 44.6 Å². The third-order valence-electron chi connectivity index (χ3n) is 5.81. The minimum Gasteiger partial charge on any atom is -1.00 e. The third kappa shape index (κ3) is 19.4. The van der Waals surface area contributed by atoms with Crippen LogP contribution in [0.3, 0.4) is 0 Å². The smallest absolute Gasteiger partial charge is 0.102 e. The number of hydrogen-bond acceptors (Lipinski definition) is 2. The number of allylic oxidation sites excluding steroid dienone is 2. The Morgan fingerprint density at radius 1 is 0.655 bits per heavy atom. The highest BCUT2D eigenvalue weighted by Crippen LogP contribution is 2.13. The zero-order chi connectivity index (χ0) is 20.8.